The standard InChI is InChI=1S/C22H18ClN3O5/c1-30-20-10-15(19(26(28)29)12-21(20)31-2)13-24-17-7-3-5-14(9-17)22(27)25-18-8-4-6-16(23)11-18/h3-13H,1-2H3,(H,25,27). The maximum absolute atomic E-state index is 12.5. The summed E-state index contributed by atoms with van der Waals surface area (Å²) in [5.74, 6) is 0.242. The molecule has 1 N–H and O–H groups in total. The van der Waals surface area contributed by atoms with Crippen LogP contribution in [-0.2, 0) is 0 Å². The fraction of sp³-hybridized carbons (Fsp3) is 0.0909. The summed E-state index contributed by atoms with van der Waals surface area (Å²) < 4.78 is 10.3. The number of aliphatic imine (C=N–C) groups is 1. The van der Waals surface area contributed by atoms with Crippen molar-refractivity contribution in [1.82, 2.24) is 0 Å². The van der Waals surface area contributed by atoms with Crippen LogP contribution in [0.2, 0.25) is 5.02 Å². The highest BCUT2D eigenvalue weighted by Gasteiger charge is 2.18. The zero-order chi connectivity index (χ0) is 22.4. The molecule has 0 heterocycles. The van der Waals surface area contributed by atoms with E-state index < -0.39 is 4.92 Å². The predicted molar refractivity (Wildman–Crippen MR) is 119 cm³/mol. The largest absolute Gasteiger partial charge is 0.493 e. The number of nitrogens with one attached hydrogen (secondary N) is 1. The molecule has 31 heavy (non-hydrogen) atoms. The Balaban J connectivity index is 1.87. The second-order valence-corrected chi connectivity index (χ2v) is 6.73. The molecule has 0 spiro atoms. The van der Waals surface area contributed by atoms with E-state index in [9.17, 15) is 14.9 Å². The van der Waals surface area contributed by atoms with Crippen LogP contribution in [0.5, 0.6) is 11.5 Å². The molecule has 0 aliphatic rings. The van der Waals surface area contributed by atoms with Crippen molar-refractivity contribution in [1.29, 1.82) is 0 Å². The minimum absolute atomic E-state index is 0.184. The molecule has 158 valence electrons. The van der Waals surface area contributed by atoms with Gasteiger partial charge in [-0.1, -0.05) is 23.7 Å². The number of hydrogen-bond donors (Lipinski definition) is 1. The lowest BCUT2D eigenvalue weighted by Crippen LogP contribution is -2.11. The van der Waals surface area contributed by atoms with Gasteiger partial charge < -0.3 is 14.8 Å². The first-order valence-corrected chi connectivity index (χ1v) is 9.40. The molecule has 0 radical (unpaired) electrons. The number of methoxy groups -OCH3 is 2. The van der Waals surface area contributed by atoms with Gasteiger partial charge in [-0.25, -0.2) is 0 Å². The van der Waals surface area contributed by atoms with Gasteiger partial charge in [-0.3, -0.25) is 19.9 Å². The monoisotopic (exact) mass is 439 g/mol. The molecule has 0 fully saturated rings. The Bertz CT molecular complexity index is 1160. The molecule has 0 bridgehead atoms. The number of halogens is 1. The Morgan fingerprint density at radius 2 is 1.77 bits per heavy atom. The predicted octanol–water partition coefficient (Wildman–Crippen LogP) is 5.27. The molecular formula is C22H18ClN3O5. The maximum Gasteiger partial charge on any atom is 0.282 e. The van der Waals surface area contributed by atoms with E-state index in [-0.39, 0.29) is 22.9 Å². The third-order valence-electron chi connectivity index (χ3n) is 4.27. The second-order valence-electron chi connectivity index (χ2n) is 6.30. The Labute approximate surface area is 183 Å². The van der Waals surface area contributed by atoms with Crippen molar-refractivity contribution in [3.05, 3.63) is 86.9 Å². The maximum atomic E-state index is 12.5. The van der Waals surface area contributed by atoms with Crippen LogP contribution in [0, 0.1) is 10.1 Å². The molecule has 1 amide bonds. The number of amides is 1. The summed E-state index contributed by atoms with van der Waals surface area (Å²) in [6.07, 6.45) is 1.34. The van der Waals surface area contributed by atoms with Crippen molar-refractivity contribution in [3.63, 3.8) is 0 Å². The lowest BCUT2D eigenvalue weighted by Gasteiger charge is -2.08. The van der Waals surface area contributed by atoms with Gasteiger partial charge in [0.25, 0.3) is 11.6 Å². The van der Waals surface area contributed by atoms with Gasteiger partial charge in [0.1, 0.15) is 0 Å². The molecule has 0 aliphatic heterocycles. The fourth-order valence-electron chi connectivity index (χ4n) is 2.79. The summed E-state index contributed by atoms with van der Waals surface area (Å²) in [6, 6.07) is 16.1. The first kappa shape index (κ1) is 21.8. The summed E-state index contributed by atoms with van der Waals surface area (Å²) in [4.78, 5) is 27.7. The number of nitro groups is 1. The first-order chi connectivity index (χ1) is 14.9. The molecule has 0 saturated carbocycles. The number of rotatable bonds is 7. The van der Waals surface area contributed by atoms with E-state index in [2.05, 4.69) is 10.3 Å². The van der Waals surface area contributed by atoms with Gasteiger partial charge in [0.2, 0.25) is 0 Å². The first-order valence-electron chi connectivity index (χ1n) is 9.02. The van der Waals surface area contributed by atoms with Gasteiger partial charge in [0.15, 0.2) is 11.5 Å². The minimum atomic E-state index is -0.530. The van der Waals surface area contributed by atoms with Gasteiger partial charge in [0.05, 0.1) is 36.5 Å². The van der Waals surface area contributed by atoms with E-state index in [0.29, 0.717) is 27.7 Å². The van der Waals surface area contributed by atoms with Gasteiger partial charge in [0, 0.05) is 22.5 Å². The minimum Gasteiger partial charge on any atom is -0.493 e. The highest BCUT2D eigenvalue weighted by atomic mass is 35.5. The molecular weight excluding hydrogens is 422 g/mol. The summed E-state index contributed by atoms with van der Waals surface area (Å²) in [7, 11) is 2.84. The summed E-state index contributed by atoms with van der Waals surface area (Å²) in [5, 5.41) is 14.7. The number of nitro benzene ring substituents is 1. The Morgan fingerprint density at radius 3 is 2.45 bits per heavy atom. The second kappa shape index (κ2) is 9.73. The van der Waals surface area contributed by atoms with Crippen molar-refractivity contribution >= 4 is 40.8 Å². The molecule has 9 heteroatoms. The van der Waals surface area contributed by atoms with Crippen LogP contribution in [0.1, 0.15) is 15.9 Å². The van der Waals surface area contributed by atoms with Gasteiger partial charge in [-0.2, -0.15) is 0 Å². The fourth-order valence-corrected chi connectivity index (χ4v) is 2.98. The van der Waals surface area contributed by atoms with Crippen LogP contribution in [0.15, 0.2) is 65.7 Å². The topological polar surface area (TPSA) is 103 Å². The molecule has 8 nitrogen and oxygen atoms in total. The summed E-state index contributed by atoms with van der Waals surface area (Å²) in [6.45, 7) is 0. The molecule has 3 aromatic rings. The Hall–Kier alpha value is -3.91. The number of anilines is 1. The van der Waals surface area contributed by atoms with Crippen LogP contribution in [-0.4, -0.2) is 31.3 Å². The van der Waals surface area contributed by atoms with Crippen LogP contribution in [0.25, 0.3) is 0 Å². The van der Waals surface area contributed by atoms with E-state index in [1.807, 2.05) is 0 Å². The third-order valence-corrected chi connectivity index (χ3v) is 4.51. The van der Waals surface area contributed by atoms with E-state index in [1.165, 1.54) is 32.6 Å². The van der Waals surface area contributed by atoms with Crippen molar-refractivity contribution in [3.8, 4) is 11.5 Å². The average Bonchev–Trinajstić information content (AvgIpc) is 2.77. The van der Waals surface area contributed by atoms with E-state index in [1.54, 1.807) is 48.5 Å². The molecule has 0 aromatic heterocycles. The number of carbonyl (C=O) groups is 1. The smallest absolute Gasteiger partial charge is 0.282 e. The highest BCUT2D eigenvalue weighted by Crippen LogP contribution is 2.34. The number of benzene rings is 3. The van der Waals surface area contributed by atoms with Gasteiger partial charge in [-0.15, -0.1) is 0 Å². The Morgan fingerprint density at radius 1 is 1.06 bits per heavy atom. The number of ether oxygens (including phenoxy) is 2. The van der Waals surface area contributed by atoms with Crippen molar-refractivity contribution in [2.24, 2.45) is 4.99 Å². The molecule has 3 rings (SSSR count). The lowest BCUT2D eigenvalue weighted by atomic mass is 10.1. The van der Waals surface area contributed by atoms with Crippen molar-refractivity contribution in [2.45, 2.75) is 0 Å². The van der Waals surface area contributed by atoms with Crippen LogP contribution in [0.3, 0.4) is 0 Å². The average molecular weight is 440 g/mol. The summed E-state index contributed by atoms with van der Waals surface area (Å²) >= 11 is 5.94. The van der Waals surface area contributed by atoms with E-state index in [4.69, 9.17) is 21.1 Å². The van der Waals surface area contributed by atoms with Crippen molar-refractivity contribution < 1.29 is 19.2 Å². The Kier molecular flexibility index (Phi) is 6.84. The zero-order valence-corrected chi connectivity index (χ0v) is 17.4. The molecule has 0 saturated heterocycles. The molecule has 0 unspecified atom stereocenters. The summed E-state index contributed by atoms with van der Waals surface area (Å²) in [5.41, 5.74) is 1.43. The lowest BCUT2D eigenvalue weighted by molar-refractivity contribution is -0.385. The molecule has 0 atom stereocenters. The quantitative estimate of drug-likeness (QED) is 0.307. The SMILES string of the molecule is COc1cc(C=Nc2cccc(C(=O)Nc3cccc(Cl)c3)c2)c([N+](=O)[O-])cc1OC. The number of hydrogen-bond acceptors (Lipinski definition) is 6. The third kappa shape index (κ3) is 5.37. The van der Waals surface area contributed by atoms with Crippen LogP contribution in [0.4, 0.5) is 17.1 Å². The molecule has 0 aliphatic carbocycles. The highest BCUT2D eigenvalue weighted by molar-refractivity contribution is 6.31. The molecule has 3 aromatic carbocycles. The number of nitrogens with zero attached hydrogens (tertiary/aromatic N) is 2. The normalized spacial score (nSPS) is 10.7. The van der Waals surface area contributed by atoms with E-state index in [0.717, 1.165) is 0 Å². The van der Waals surface area contributed by atoms with Crippen LogP contribution >= 0.6 is 11.6 Å². The van der Waals surface area contributed by atoms with Gasteiger partial charge >= 0.3 is 0 Å². The van der Waals surface area contributed by atoms with Crippen LogP contribution < -0.4 is 14.8 Å². The van der Waals surface area contributed by atoms with Crippen molar-refractivity contribution in [2.75, 3.05) is 19.5 Å². The number of carbonyl (C=O) groups excluding carboxylic acids is 1. The van der Waals surface area contributed by atoms with Gasteiger partial charge in [-0.05, 0) is 42.5 Å². The zero-order valence-electron chi connectivity index (χ0n) is 16.7. The van der Waals surface area contributed by atoms with E-state index >= 15 is 0 Å².